The van der Waals surface area contributed by atoms with Crippen molar-refractivity contribution in [3.05, 3.63) is 29.8 Å². The van der Waals surface area contributed by atoms with Gasteiger partial charge in [-0.1, -0.05) is 32.9 Å². The van der Waals surface area contributed by atoms with Gasteiger partial charge in [-0.05, 0) is 32.9 Å². The molecule has 0 bridgehead atoms. The number of carbonyl (C=O) groups is 2. The van der Waals surface area contributed by atoms with Crippen molar-refractivity contribution in [3.63, 3.8) is 0 Å². The zero-order valence-electron chi connectivity index (χ0n) is 13.0. The van der Waals surface area contributed by atoms with E-state index in [1.54, 1.807) is 45.0 Å². The molecule has 0 saturated carbocycles. The van der Waals surface area contributed by atoms with Crippen molar-refractivity contribution in [2.75, 3.05) is 5.32 Å². The normalized spacial score (nSPS) is 11.9. The Hall–Kier alpha value is -1.84. The van der Waals surface area contributed by atoms with Crippen LogP contribution in [0.15, 0.2) is 24.3 Å². The highest BCUT2D eigenvalue weighted by atomic mass is 16.6. The lowest BCUT2D eigenvalue weighted by Gasteiger charge is -2.20. The van der Waals surface area contributed by atoms with Gasteiger partial charge in [0.15, 0.2) is 5.78 Å². The van der Waals surface area contributed by atoms with Gasteiger partial charge >= 0.3 is 6.09 Å². The van der Waals surface area contributed by atoms with Crippen LogP contribution in [0.5, 0.6) is 0 Å². The molecule has 20 heavy (non-hydrogen) atoms. The zero-order chi connectivity index (χ0) is 15.6. The number of rotatable bonds is 2. The second-order valence-corrected chi connectivity index (χ2v) is 6.79. The van der Waals surface area contributed by atoms with Crippen molar-refractivity contribution in [2.24, 2.45) is 5.41 Å². The third-order valence-electron chi connectivity index (χ3n) is 2.45. The van der Waals surface area contributed by atoms with Gasteiger partial charge in [-0.25, -0.2) is 4.79 Å². The average Bonchev–Trinajstić information content (AvgIpc) is 2.24. The number of nitrogens with one attached hydrogen (secondary N) is 1. The van der Waals surface area contributed by atoms with Crippen LogP contribution in [0.1, 0.15) is 51.9 Å². The van der Waals surface area contributed by atoms with Crippen LogP contribution in [-0.2, 0) is 4.74 Å². The van der Waals surface area contributed by atoms with E-state index in [0.717, 1.165) is 0 Å². The van der Waals surface area contributed by atoms with E-state index in [2.05, 4.69) is 5.32 Å². The minimum absolute atomic E-state index is 0.0327. The molecule has 0 unspecified atom stereocenters. The first-order chi connectivity index (χ1) is 8.99. The van der Waals surface area contributed by atoms with Crippen LogP contribution < -0.4 is 5.32 Å². The van der Waals surface area contributed by atoms with Crippen LogP contribution in [0.25, 0.3) is 0 Å². The second-order valence-electron chi connectivity index (χ2n) is 6.79. The molecule has 0 aliphatic heterocycles. The summed E-state index contributed by atoms with van der Waals surface area (Å²) >= 11 is 0. The van der Waals surface area contributed by atoms with E-state index >= 15 is 0 Å². The molecule has 0 atom stereocenters. The molecule has 1 aromatic carbocycles. The summed E-state index contributed by atoms with van der Waals surface area (Å²) in [5.74, 6) is 0.0327. The van der Waals surface area contributed by atoms with Gasteiger partial charge in [0.25, 0.3) is 0 Å². The predicted octanol–water partition coefficient (Wildman–Crippen LogP) is 4.26. The Morgan fingerprint density at radius 1 is 1.05 bits per heavy atom. The quantitative estimate of drug-likeness (QED) is 0.822. The lowest BCUT2D eigenvalue weighted by Crippen LogP contribution is -2.27. The first-order valence-corrected chi connectivity index (χ1v) is 6.64. The lowest BCUT2D eigenvalue weighted by molar-refractivity contribution is 0.0635. The number of ketones is 1. The molecule has 0 aliphatic rings. The number of carbonyl (C=O) groups excluding carboxylic acids is 2. The van der Waals surface area contributed by atoms with Gasteiger partial charge in [0.1, 0.15) is 5.60 Å². The van der Waals surface area contributed by atoms with Crippen molar-refractivity contribution in [1.82, 2.24) is 0 Å². The molecular weight excluding hydrogens is 254 g/mol. The van der Waals surface area contributed by atoms with E-state index in [9.17, 15) is 9.59 Å². The number of ether oxygens (including phenoxy) is 1. The molecule has 0 heterocycles. The minimum Gasteiger partial charge on any atom is -0.444 e. The maximum absolute atomic E-state index is 12.2. The van der Waals surface area contributed by atoms with Crippen LogP contribution in [0.3, 0.4) is 0 Å². The summed E-state index contributed by atoms with van der Waals surface area (Å²) < 4.78 is 5.17. The number of hydrogen-bond donors (Lipinski definition) is 1. The molecule has 4 heteroatoms. The number of benzene rings is 1. The summed E-state index contributed by atoms with van der Waals surface area (Å²) in [7, 11) is 0. The highest BCUT2D eigenvalue weighted by Gasteiger charge is 2.23. The summed E-state index contributed by atoms with van der Waals surface area (Å²) in [6.07, 6.45) is -0.530. The molecule has 4 nitrogen and oxygen atoms in total. The Balaban J connectivity index is 2.84. The van der Waals surface area contributed by atoms with Gasteiger partial charge < -0.3 is 4.74 Å². The van der Waals surface area contributed by atoms with Crippen molar-refractivity contribution >= 4 is 17.6 Å². The van der Waals surface area contributed by atoms with E-state index < -0.39 is 17.1 Å². The number of anilines is 1. The molecule has 0 spiro atoms. The van der Waals surface area contributed by atoms with Gasteiger partial charge in [0, 0.05) is 16.7 Å². The predicted molar refractivity (Wildman–Crippen MR) is 80.1 cm³/mol. The van der Waals surface area contributed by atoms with Gasteiger partial charge in [-0.3, -0.25) is 10.1 Å². The number of amides is 1. The van der Waals surface area contributed by atoms with Crippen LogP contribution >= 0.6 is 0 Å². The minimum atomic E-state index is -0.553. The highest BCUT2D eigenvalue weighted by molar-refractivity contribution is 6.01. The monoisotopic (exact) mass is 277 g/mol. The Morgan fingerprint density at radius 2 is 1.65 bits per heavy atom. The van der Waals surface area contributed by atoms with Crippen LogP contribution in [-0.4, -0.2) is 17.5 Å². The van der Waals surface area contributed by atoms with E-state index in [1.807, 2.05) is 20.8 Å². The first kappa shape index (κ1) is 16.2. The largest absolute Gasteiger partial charge is 0.444 e. The zero-order valence-corrected chi connectivity index (χ0v) is 13.0. The van der Waals surface area contributed by atoms with Gasteiger partial charge in [-0.15, -0.1) is 0 Å². The van der Waals surface area contributed by atoms with Crippen LogP contribution in [0.2, 0.25) is 0 Å². The standard InChI is InChI=1S/C16H23NO3/c1-15(2,3)13(18)11-8-7-9-12(10-11)17-14(19)20-16(4,5)6/h7-10H,1-6H3,(H,17,19). The smallest absolute Gasteiger partial charge is 0.412 e. The summed E-state index contributed by atoms with van der Waals surface area (Å²) in [5, 5.41) is 2.63. The third kappa shape index (κ3) is 5.03. The first-order valence-electron chi connectivity index (χ1n) is 6.64. The molecular formula is C16H23NO3. The van der Waals surface area contributed by atoms with Gasteiger partial charge in [0.05, 0.1) is 0 Å². The van der Waals surface area contributed by atoms with Crippen molar-refractivity contribution in [3.8, 4) is 0 Å². The molecule has 1 aromatic rings. The summed E-state index contributed by atoms with van der Waals surface area (Å²) in [5.41, 5.74) is 0.119. The molecule has 0 fully saturated rings. The summed E-state index contributed by atoms with van der Waals surface area (Å²) in [6, 6.07) is 6.88. The molecule has 110 valence electrons. The van der Waals surface area contributed by atoms with Gasteiger partial charge in [-0.2, -0.15) is 0 Å². The summed E-state index contributed by atoms with van der Waals surface area (Å²) in [4.78, 5) is 23.9. The van der Waals surface area contributed by atoms with Gasteiger partial charge in [0.2, 0.25) is 0 Å². The molecule has 0 aliphatic carbocycles. The Kier molecular flexibility index (Phi) is 4.58. The fraction of sp³-hybridized carbons (Fsp3) is 0.500. The van der Waals surface area contributed by atoms with E-state index in [4.69, 9.17) is 4.74 Å². The molecule has 1 rings (SSSR count). The van der Waals surface area contributed by atoms with Crippen LogP contribution in [0, 0.1) is 5.41 Å². The van der Waals surface area contributed by atoms with Crippen LogP contribution in [0.4, 0.5) is 10.5 Å². The van der Waals surface area contributed by atoms with E-state index in [1.165, 1.54) is 0 Å². The van der Waals surface area contributed by atoms with Crippen molar-refractivity contribution in [2.45, 2.75) is 47.1 Å². The maximum atomic E-state index is 12.2. The fourth-order valence-electron chi connectivity index (χ4n) is 1.59. The molecule has 0 radical (unpaired) electrons. The Bertz CT molecular complexity index is 507. The maximum Gasteiger partial charge on any atom is 0.412 e. The molecule has 1 N–H and O–H groups in total. The van der Waals surface area contributed by atoms with E-state index in [0.29, 0.717) is 11.3 Å². The number of hydrogen-bond acceptors (Lipinski definition) is 3. The lowest BCUT2D eigenvalue weighted by atomic mass is 9.86. The highest BCUT2D eigenvalue weighted by Crippen LogP contribution is 2.22. The Labute approximate surface area is 120 Å². The second kappa shape index (κ2) is 5.65. The Morgan fingerprint density at radius 3 is 2.15 bits per heavy atom. The van der Waals surface area contributed by atoms with Crippen molar-refractivity contribution < 1.29 is 14.3 Å². The average molecular weight is 277 g/mol. The van der Waals surface area contributed by atoms with Crippen molar-refractivity contribution in [1.29, 1.82) is 0 Å². The number of Topliss-reactive ketones (excluding diaryl/α,β-unsaturated/α-hetero) is 1. The fourth-order valence-corrected chi connectivity index (χ4v) is 1.59. The molecule has 0 saturated heterocycles. The third-order valence-corrected chi connectivity index (χ3v) is 2.45. The SMILES string of the molecule is CC(C)(C)OC(=O)Nc1cccc(C(=O)C(C)(C)C)c1. The topological polar surface area (TPSA) is 55.4 Å². The molecule has 0 aromatic heterocycles. The summed E-state index contributed by atoms with van der Waals surface area (Å²) in [6.45, 7) is 11.0. The van der Waals surface area contributed by atoms with E-state index in [-0.39, 0.29) is 5.78 Å². The molecule has 1 amide bonds.